The van der Waals surface area contributed by atoms with Gasteiger partial charge >= 0.3 is 6.03 Å². The number of benzene rings is 1. The maximum atomic E-state index is 14.3. The molecule has 0 radical (unpaired) electrons. The Hall–Kier alpha value is -2.81. The van der Waals surface area contributed by atoms with Gasteiger partial charge in [-0.3, -0.25) is 0 Å². The number of carbonyl (C=O) groups is 1. The number of hydrogen-bond donors (Lipinski definition) is 2. The number of nitrogens with zero attached hydrogens (tertiary/aromatic N) is 4. The summed E-state index contributed by atoms with van der Waals surface area (Å²) in [5.74, 6) is -1.20. The van der Waals surface area contributed by atoms with Crippen LogP contribution in [-0.4, -0.2) is 48.1 Å². The van der Waals surface area contributed by atoms with Crippen molar-refractivity contribution in [2.75, 3.05) is 37.4 Å². The molecule has 3 rings (SSSR count). The molecule has 138 valence electrons. The van der Waals surface area contributed by atoms with Crippen LogP contribution in [0.15, 0.2) is 18.2 Å². The van der Waals surface area contributed by atoms with Gasteiger partial charge in [0, 0.05) is 18.7 Å². The van der Waals surface area contributed by atoms with Crippen LogP contribution in [0.1, 0.15) is 11.3 Å². The first-order valence-electron chi connectivity index (χ1n) is 8.16. The van der Waals surface area contributed by atoms with Gasteiger partial charge in [0.1, 0.15) is 17.3 Å². The highest BCUT2D eigenvalue weighted by molar-refractivity contribution is 6.01. The predicted octanol–water partition coefficient (Wildman–Crippen LogP) is 2.40. The number of fused-ring (bicyclic) bond motifs is 1. The van der Waals surface area contributed by atoms with E-state index in [1.54, 1.807) is 6.92 Å². The first kappa shape index (κ1) is 18.0. The number of para-hydroxylation sites is 1. The molecule has 2 heterocycles. The summed E-state index contributed by atoms with van der Waals surface area (Å²) in [5, 5.41) is 5.68. The molecule has 1 aromatic carbocycles. The summed E-state index contributed by atoms with van der Waals surface area (Å²) in [7, 11) is 3.88. The summed E-state index contributed by atoms with van der Waals surface area (Å²) in [6.45, 7) is 3.31. The van der Waals surface area contributed by atoms with E-state index in [0.717, 1.165) is 23.6 Å². The maximum absolute atomic E-state index is 14.3. The second kappa shape index (κ2) is 7.20. The molecular formula is C17H20F2N6O. The molecule has 2 N–H and O–H groups in total. The minimum atomic E-state index is -0.841. The standard InChI is InChI=1S/C17H20F2N6O/c1-10-11-9-21-17(26)25(14-12(18)5-4-6-13(14)19)15(11)23-16(22-10)20-7-8-24(2)3/h4-6H,7-9H2,1-3H3,(H,21,26)(H,20,22,23). The number of anilines is 3. The molecule has 7 nitrogen and oxygen atoms in total. The summed E-state index contributed by atoms with van der Waals surface area (Å²) in [5.41, 5.74) is 0.790. The fourth-order valence-electron chi connectivity index (χ4n) is 2.69. The van der Waals surface area contributed by atoms with Crippen molar-refractivity contribution in [1.29, 1.82) is 0 Å². The van der Waals surface area contributed by atoms with Crippen LogP contribution in [0.4, 0.5) is 31.0 Å². The number of nitrogens with one attached hydrogen (secondary N) is 2. The van der Waals surface area contributed by atoms with Crippen LogP contribution in [0.25, 0.3) is 0 Å². The first-order valence-corrected chi connectivity index (χ1v) is 8.16. The fourth-order valence-corrected chi connectivity index (χ4v) is 2.69. The lowest BCUT2D eigenvalue weighted by molar-refractivity contribution is 0.246. The molecule has 0 saturated heterocycles. The lowest BCUT2D eigenvalue weighted by Crippen LogP contribution is -2.43. The van der Waals surface area contributed by atoms with Gasteiger partial charge in [0.25, 0.3) is 0 Å². The van der Waals surface area contributed by atoms with E-state index >= 15 is 0 Å². The van der Waals surface area contributed by atoms with Gasteiger partial charge in [0.15, 0.2) is 5.82 Å². The molecule has 2 amide bonds. The highest BCUT2D eigenvalue weighted by Gasteiger charge is 2.32. The normalized spacial score (nSPS) is 13.6. The van der Waals surface area contributed by atoms with E-state index < -0.39 is 23.4 Å². The Bertz CT molecular complexity index is 822. The maximum Gasteiger partial charge on any atom is 0.328 e. The van der Waals surface area contributed by atoms with E-state index in [4.69, 9.17) is 0 Å². The molecule has 1 aliphatic heterocycles. The summed E-state index contributed by atoms with van der Waals surface area (Å²) in [4.78, 5) is 24.0. The molecule has 1 aliphatic rings. The Morgan fingerprint density at radius 2 is 1.96 bits per heavy atom. The number of carbonyl (C=O) groups excluding carboxylic acids is 1. The molecule has 0 bridgehead atoms. The molecule has 0 saturated carbocycles. The van der Waals surface area contributed by atoms with Crippen molar-refractivity contribution in [3.63, 3.8) is 0 Å². The van der Waals surface area contributed by atoms with Crippen LogP contribution in [-0.2, 0) is 6.54 Å². The number of amides is 2. The van der Waals surface area contributed by atoms with Gasteiger partial charge in [0.2, 0.25) is 5.95 Å². The van der Waals surface area contributed by atoms with Crippen LogP contribution in [0.3, 0.4) is 0 Å². The highest BCUT2D eigenvalue weighted by Crippen LogP contribution is 2.35. The first-order chi connectivity index (χ1) is 12.4. The van der Waals surface area contributed by atoms with E-state index in [1.165, 1.54) is 6.07 Å². The van der Waals surface area contributed by atoms with Crippen molar-refractivity contribution >= 4 is 23.5 Å². The van der Waals surface area contributed by atoms with Gasteiger partial charge in [-0.2, -0.15) is 4.98 Å². The topological polar surface area (TPSA) is 73.4 Å². The van der Waals surface area contributed by atoms with Crippen LogP contribution in [0.5, 0.6) is 0 Å². The number of halogens is 2. The number of aryl methyl sites for hydroxylation is 1. The molecular weight excluding hydrogens is 342 g/mol. The molecule has 0 unspecified atom stereocenters. The van der Waals surface area contributed by atoms with Crippen molar-refractivity contribution < 1.29 is 13.6 Å². The summed E-state index contributed by atoms with van der Waals surface area (Å²) in [6.07, 6.45) is 0. The van der Waals surface area contributed by atoms with Crippen LogP contribution in [0, 0.1) is 18.6 Å². The molecule has 0 fully saturated rings. The summed E-state index contributed by atoms with van der Waals surface area (Å²) < 4.78 is 28.5. The van der Waals surface area contributed by atoms with Crippen molar-refractivity contribution in [2.45, 2.75) is 13.5 Å². The average molecular weight is 362 g/mol. The summed E-state index contributed by atoms with van der Waals surface area (Å²) >= 11 is 0. The minimum Gasteiger partial charge on any atom is -0.353 e. The van der Waals surface area contributed by atoms with Crippen LogP contribution >= 0.6 is 0 Å². The van der Waals surface area contributed by atoms with Gasteiger partial charge in [-0.15, -0.1) is 0 Å². The Labute approximate surface area is 150 Å². The predicted molar refractivity (Wildman–Crippen MR) is 94.5 cm³/mol. The highest BCUT2D eigenvalue weighted by atomic mass is 19.1. The Balaban J connectivity index is 2.04. The Kier molecular flexibility index (Phi) is 4.99. The van der Waals surface area contributed by atoms with Gasteiger partial charge in [-0.25, -0.2) is 23.5 Å². The summed E-state index contributed by atoms with van der Waals surface area (Å²) in [6, 6.07) is 2.81. The largest absolute Gasteiger partial charge is 0.353 e. The van der Waals surface area contributed by atoms with E-state index in [2.05, 4.69) is 20.6 Å². The Morgan fingerprint density at radius 3 is 2.62 bits per heavy atom. The molecule has 2 aromatic rings. The van der Waals surface area contributed by atoms with E-state index in [-0.39, 0.29) is 12.4 Å². The van der Waals surface area contributed by atoms with E-state index in [0.29, 0.717) is 23.8 Å². The number of rotatable bonds is 5. The molecule has 26 heavy (non-hydrogen) atoms. The third kappa shape index (κ3) is 3.43. The lowest BCUT2D eigenvalue weighted by Gasteiger charge is -2.30. The second-order valence-electron chi connectivity index (χ2n) is 6.23. The fraction of sp³-hybridized carbons (Fsp3) is 0.353. The Morgan fingerprint density at radius 1 is 1.27 bits per heavy atom. The van der Waals surface area contributed by atoms with Gasteiger partial charge in [-0.1, -0.05) is 6.07 Å². The van der Waals surface area contributed by atoms with Crippen molar-refractivity contribution in [3.8, 4) is 0 Å². The van der Waals surface area contributed by atoms with Crippen molar-refractivity contribution in [3.05, 3.63) is 41.1 Å². The van der Waals surface area contributed by atoms with E-state index in [1.807, 2.05) is 19.0 Å². The van der Waals surface area contributed by atoms with Crippen molar-refractivity contribution in [1.82, 2.24) is 20.2 Å². The minimum absolute atomic E-state index is 0.178. The number of urea groups is 1. The number of hydrogen-bond acceptors (Lipinski definition) is 5. The lowest BCUT2D eigenvalue weighted by atomic mass is 10.1. The van der Waals surface area contributed by atoms with Gasteiger partial charge in [-0.05, 0) is 33.2 Å². The zero-order valence-electron chi connectivity index (χ0n) is 14.8. The SMILES string of the molecule is Cc1nc(NCCN(C)C)nc2c1CNC(=O)N2c1c(F)cccc1F. The van der Waals surface area contributed by atoms with Crippen molar-refractivity contribution in [2.24, 2.45) is 0 Å². The number of likely N-dealkylation sites (N-methyl/N-ethyl adjacent to an activating group) is 1. The second-order valence-corrected chi connectivity index (χ2v) is 6.23. The zero-order chi connectivity index (χ0) is 18.8. The molecule has 0 spiro atoms. The van der Waals surface area contributed by atoms with Gasteiger partial charge < -0.3 is 15.5 Å². The quantitative estimate of drug-likeness (QED) is 0.855. The smallest absolute Gasteiger partial charge is 0.328 e. The van der Waals surface area contributed by atoms with Crippen LogP contribution < -0.4 is 15.5 Å². The number of aromatic nitrogens is 2. The molecule has 0 aliphatic carbocycles. The zero-order valence-corrected chi connectivity index (χ0v) is 14.8. The average Bonchev–Trinajstić information content (AvgIpc) is 2.56. The monoisotopic (exact) mass is 362 g/mol. The molecule has 9 heteroatoms. The van der Waals surface area contributed by atoms with E-state index in [9.17, 15) is 13.6 Å². The third-order valence-electron chi connectivity index (χ3n) is 4.03. The molecule has 1 aromatic heterocycles. The molecule has 0 atom stereocenters. The van der Waals surface area contributed by atoms with Crippen LogP contribution in [0.2, 0.25) is 0 Å². The third-order valence-corrected chi connectivity index (χ3v) is 4.03. The van der Waals surface area contributed by atoms with Gasteiger partial charge in [0.05, 0.1) is 12.2 Å².